The zero-order chi connectivity index (χ0) is 31.4. The second-order valence-electron chi connectivity index (χ2n) is 9.75. The molecule has 6 heterocycles. The maximum atomic E-state index is 12.3. The fourth-order valence-corrected chi connectivity index (χ4v) is 7.58. The van der Waals surface area contributed by atoms with Crippen molar-refractivity contribution >= 4 is 60.8 Å². The molecule has 4 aromatic heterocycles. The lowest BCUT2D eigenvalue weighted by Gasteiger charge is -2.36. The minimum Gasteiger partial charge on any atom is -0.394 e. The van der Waals surface area contributed by atoms with Gasteiger partial charge >= 0.3 is 13.9 Å². The Morgan fingerprint density at radius 2 is 2.05 bits per heavy atom. The fourth-order valence-electron chi connectivity index (χ4n) is 5.18. The summed E-state index contributed by atoms with van der Waals surface area (Å²) in [5.74, 6) is 0.109. The van der Waals surface area contributed by atoms with Gasteiger partial charge in [-0.2, -0.15) is 0 Å². The van der Waals surface area contributed by atoms with Crippen LogP contribution in [0.3, 0.4) is 0 Å². The predicted molar refractivity (Wildman–Crippen MR) is 155 cm³/mol. The van der Waals surface area contributed by atoms with Crippen LogP contribution in [0.5, 0.6) is 0 Å². The Kier molecular flexibility index (Phi) is 8.61. The number of aliphatic hydroxyl groups excluding tert-OH is 3. The monoisotopic (exact) mass is 691 g/mol. The normalized spacial score (nSPS) is 30.7. The highest BCUT2D eigenvalue weighted by Gasteiger charge is 2.56. The molecule has 44 heavy (non-hydrogen) atoms. The first kappa shape index (κ1) is 31.5. The van der Waals surface area contributed by atoms with Crippen molar-refractivity contribution in [2.45, 2.75) is 42.5 Å². The molecule has 236 valence electrons. The highest BCUT2D eigenvalue weighted by Crippen LogP contribution is 2.53. The molecule has 0 amide bonds. The first-order chi connectivity index (χ1) is 21.0. The number of aliphatic hydroxyl groups is 3. The van der Waals surface area contributed by atoms with Crippen LogP contribution in [-0.2, 0) is 45.1 Å². The quantitative estimate of drug-likeness (QED) is 0.0844. The van der Waals surface area contributed by atoms with Crippen molar-refractivity contribution in [2.24, 2.45) is 0 Å². The number of nitrogens with zero attached hydrogens (tertiary/aromatic N) is 7. The molecule has 19 nitrogen and oxygen atoms in total. The SMILES string of the molecule is Nc1ncnc2c1ncn2[C@@H]1O[C@H](COP(O)(=S)O[C@@]2(n3ccc(=O)n4ccnc34)CO[C@H](CO)[C@H]2O)[C@H](O[P+](=O)S)[C@H]1O. The number of nitrogens with two attached hydrogens (primary N) is 1. The Labute approximate surface area is 257 Å². The Morgan fingerprint density at radius 1 is 1.25 bits per heavy atom. The zero-order valence-corrected chi connectivity index (χ0v) is 25.7. The molecule has 2 fully saturated rings. The third-order valence-corrected chi connectivity index (χ3v) is 9.47. The van der Waals surface area contributed by atoms with E-state index in [1.54, 1.807) is 0 Å². The van der Waals surface area contributed by atoms with Gasteiger partial charge in [0.1, 0.15) is 48.5 Å². The Hall–Kier alpha value is -2.49. The van der Waals surface area contributed by atoms with Crippen LogP contribution in [0.15, 0.2) is 42.1 Å². The minimum absolute atomic E-state index is 0.0156. The number of fused-ring (bicyclic) bond motifs is 2. The molecule has 6 rings (SSSR count). The summed E-state index contributed by atoms with van der Waals surface area (Å²) in [4.78, 5) is 39.9. The largest absolute Gasteiger partial charge is 0.582 e. The smallest absolute Gasteiger partial charge is 0.394 e. The fraction of sp³-hybridized carbons (Fsp3) is 0.476. The summed E-state index contributed by atoms with van der Waals surface area (Å²) < 4.78 is 44.1. The van der Waals surface area contributed by atoms with Gasteiger partial charge in [-0.25, -0.2) is 19.9 Å². The molecule has 9 atom stereocenters. The van der Waals surface area contributed by atoms with E-state index in [2.05, 4.69) is 32.2 Å². The van der Waals surface area contributed by atoms with Crippen LogP contribution in [-0.4, -0.2) is 104 Å². The van der Waals surface area contributed by atoms with Crippen LogP contribution in [0.25, 0.3) is 16.9 Å². The van der Waals surface area contributed by atoms with Gasteiger partial charge in [-0.05, 0) is 16.4 Å². The molecule has 2 unspecified atom stereocenters. The highest BCUT2D eigenvalue weighted by molar-refractivity contribution is 8.39. The van der Waals surface area contributed by atoms with E-state index in [0.717, 1.165) is 0 Å². The van der Waals surface area contributed by atoms with Gasteiger partial charge in [0.25, 0.3) is 5.56 Å². The zero-order valence-electron chi connectivity index (χ0n) is 22.2. The summed E-state index contributed by atoms with van der Waals surface area (Å²) in [6.45, 7) is -5.97. The van der Waals surface area contributed by atoms with Gasteiger partial charge in [0.05, 0.1) is 26.1 Å². The van der Waals surface area contributed by atoms with E-state index in [4.69, 9.17) is 40.6 Å². The third-order valence-electron chi connectivity index (χ3n) is 7.20. The lowest BCUT2D eigenvalue weighted by molar-refractivity contribution is -0.103. The first-order valence-corrected chi connectivity index (χ1v) is 17.6. The lowest BCUT2D eigenvalue weighted by atomic mass is 10.1. The maximum absolute atomic E-state index is 12.3. The number of nitrogen functional groups attached to an aromatic ring is 1. The van der Waals surface area contributed by atoms with Crippen molar-refractivity contribution in [1.29, 1.82) is 0 Å². The van der Waals surface area contributed by atoms with Gasteiger partial charge in [-0.15, -0.1) is 4.52 Å². The second-order valence-corrected chi connectivity index (χ2v) is 14.2. The molecule has 0 saturated carbocycles. The predicted octanol–water partition coefficient (Wildman–Crippen LogP) is -1.20. The molecule has 2 saturated heterocycles. The summed E-state index contributed by atoms with van der Waals surface area (Å²) in [5, 5.41) is 32.0. The highest BCUT2D eigenvalue weighted by atomic mass is 32.7. The van der Waals surface area contributed by atoms with E-state index < -0.39 is 81.8 Å². The van der Waals surface area contributed by atoms with Crippen molar-refractivity contribution in [2.75, 3.05) is 25.6 Å². The van der Waals surface area contributed by atoms with Crippen molar-refractivity contribution < 1.29 is 47.8 Å². The van der Waals surface area contributed by atoms with E-state index in [-0.39, 0.29) is 22.8 Å². The molecule has 0 spiro atoms. The van der Waals surface area contributed by atoms with Crippen molar-refractivity contribution in [1.82, 2.24) is 33.5 Å². The topological polar surface area (TPSA) is 253 Å². The number of thiol groups is 1. The van der Waals surface area contributed by atoms with Crippen molar-refractivity contribution in [3.8, 4) is 0 Å². The molecular weight excluding hydrogens is 666 g/mol. The molecule has 0 aliphatic carbocycles. The molecule has 6 N–H and O–H groups in total. The van der Waals surface area contributed by atoms with Crippen LogP contribution < -0.4 is 11.3 Å². The van der Waals surface area contributed by atoms with E-state index in [9.17, 15) is 29.6 Å². The number of anilines is 1. The average molecular weight is 692 g/mol. The Bertz CT molecular complexity index is 1830. The molecule has 0 aromatic carbocycles. The molecule has 23 heteroatoms. The average Bonchev–Trinajstić information content (AvgIpc) is 3.75. The Balaban J connectivity index is 1.28. The Morgan fingerprint density at radius 3 is 2.77 bits per heavy atom. The van der Waals surface area contributed by atoms with E-state index in [0.29, 0.717) is 0 Å². The van der Waals surface area contributed by atoms with Gasteiger partial charge in [0.15, 0.2) is 23.8 Å². The van der Waals surface area contributed by atoms with Gasteiger partial charge < -0.3 is 39.9 Å². The van der Waals surface area contributed by atoms with E-state index >= 15 is 0 Å². The first-order valence-electron chi connectivity index (χ1n) is 12.7. The molecular formula is C21H25N8O11P2S2+. The summed E-state index contributed by atoms with van der Waals surface area (Å²) >= 11 is 9.08. The van der Waals surface area contributed by atoms with Crippen LogP contribution in [0.4, 0.5) is 5.82 Å². The second kappa shape index (κ2) is 12.0. The molecule has 0 bridgehead atoms. The summed E-state index contributed by atoms with van der Waals surface area (Å²) in [6, 6.07) is 1.17. The maximum Gasteiger partial charge on any atom is 0.582 e. The van der Waals surface area contributed by atoms with E-state index in [1.165, 1.54) is 50.8 Å². The number of ether oxygens (including phenoxy) is 2. The van der Waals surface area contributed by atoms with Gasteiger partial charge in [0.2, 0.25) is 11.5 Å². The van der Waals surface area contributed by atoms with Crippen molar-refractivity contribution in [3.05, 3.63) is 47.7 Å². The molecule has 2 aliphatic heterocycles. The number of hydrogen-bond acceptors (Lipinski definition) is 16. The lowest BCUT2D eigenvalue weighted by Crippen LogP contribution is -2.49. The van der Waals surface area contributed by atoms with Gasteiger partial charge in [0, 0.05) is 24.7 Å². The van der Waals surface area contributed by atoms with Crippen LogP contribution in [0.2, 0.25) is 0 Å². The van der Waals surface area contributed by atoms with Crippen LogP contribution in [0.1, 0.15) is 6.23 Å². The van der Waals surface area contributed by atoms with E-state index in [1.807, 2.05) is 0 Å². The molecule has 0 radical (unpaired) electrons. The molecule has 2 aliphatic rings. The summed E-state index contributed by atoms with van der Waals surface area (Å²) in [5.41, 5.74) is 3.90. The standard InChI is InChI=1S/C21H24N8O11P2S2/c22-17-13-18(25-8-24-17)28(9-26-13)19-14(32)15(39-41(34)43)11(38-19)6-37-42(35,44)40-21(7-36-10(5-30)16(21)33)29-3-1-12(31)27-4-2-23-20(27)29/h1-4,8-11,14-16,19,30,32-33H,5-7H2,(H3-,22,24,25,34,35,43,44)/p+1/t10-,11-,14-,15+,16-,19-,21+,42?/m1/s1. The van der Waals surface area contributed by atoms with Crippen LogP contribution in [0, 0.1) is 0 Å². The number of imidazole rings is 2. The number of aromatic nitrogens is 7. The summed E-state index contributed by atoms with van der Waals surface area (Å²) in [6.07, 6.45) is -1.41. The summed E-state index contributed by atoms with van der Waals surface area (Å²) in [7, 11) is -2.54. The van der Waals surface area contributed by atoms with Crippen molar-refractivity contribution in [3.63, 3.8) is 0 Å². The van der Waals surface area contributed by atoms with Crippen LogP contribution >= 0.6 is 26.2 Å². The number of rotatable bonds is 10. The number of hydrogen-bond donors (Lipinski definition) is 6. The van der Waals surface area contributed by atoms with Gasteiger partial charge in [-0.3, -0.25) is 22.9 Å². The minimum atomic E-state index is -4.37. The third kappa shape index (κ3) is 5.47. The van der Waals surface area contributed by atoms with Gasteiger partial charge in [-0.1, -0.05) is 0 Å². The molecule has 4 aromatic rings.